The molecule has 0 saturated carbocycles. The van der Waals surface area contributed by atoms with Crippen molar-refractivity contribution in [3.63, 3.8) is 0 Å². The molecule has 0 saturated heterocycles. The van der Waals surface area contributed by atoms with Gasteiger partial charge in [0.1, 0.15) is 17.2 Å². The maximum atomic E-state index is 13.1. The van der Waals surface area contributed by atoms with Gasteiger partial charge in [-0.3, -0.25) is 19.6 Å². The number of aromatic hydroxyl groups is 1. The van der Waals surface area contributed by atoms with Crippen LogP contribution in [-0.2, 0) is 6.18 Å². The highest BCUT2D eigenvalue weighted by Crippen LogP contribution is 2.35. The summed E-state index contributed by atoms with van der Waals surface area (Å²) < 4.78 is 44.9. The van der Waals surface area contributed by atoms with Crippen LogP contribution in [0.2, 0.25) is 0 Å². The molecule has 186 valence electrons. The summed E-state index contributed by atoms with van der Waals surface area (Å²) in [6.07, 6.45) is -0.146. The Bertz CT molecular complexity index is 1400. The summed E-state index contributed by atoms with van der Waals surface area (Å²) in [6, 6.07) is 11.6. The number of carbonyl (C=O) groups excluding carboxylic acids is 1. The number of amides is 1. The molecule has 4 aromatic rings. The van der Waals surface area contributed by atoms with Crippen LogP contribution in [0.3, 0.4) is 0 Å². The van der Waals surface area contributed by atoms with Crippen molar-refractivity contribution < 1.29 is 27.8 Å². The van der Waals surface area contributed by atoms with E-state index >= 15 is 0 Å². The number of pyridine rings is 3. The Balaban J connectivity index is 0.000000383. The van der Waals surface area contributed by atoms with Gasteiger partial charge in [0.15, 0.2) is 0 Å². The third-order valence-electron chi connectivity index (χ3n) is 4.74. The van der Waals surface area contributed by atoms with Gasteiger partial charge in [-0.2, -0.15) is 13.2 Å². The van der Waals surface area contributed by atoms with Gasteiger partial charge in [0.05, 0.1) is 22.5 Å². The van der Waals surface area contributed by atoms with Crippen molar-refractivity contribution in [2.75, 3.05) is 5.32 Å². The van der Waals surface area contributed by atoms with Gasteiger partial charge in [-0.1, -0.05) is 0 Å². The molecule has 0 unspecified atom stereocenters. The van der Waals surface area contributed by atoms with E-state index in [0.717, 1.165) is 18.2 Å². The molecule has 3 N–H and O–H groups in total. The second-order valence-corrected chi connectivity index (χ2v) is 7.40. The van der Waals surface area contributed by atoms with E-state index in [-0.39, 0.29) is 22.7 Å². The third kappa shape index (κ3) is 6.92. The molecule has 0 fully saturated rings. The number of anilines is 1. The average Bonchev–Trinajstić information content (AvgIpc) is 2.82. The maximum Gasteiger partial charge on any atom is 0.416 e. The molecule has 0 atom stereocenters. The minimum Gasteiger partial charge on any atom is -0.506 e. The zero-order valence-electron chi connectivity index (χ0n) is 19.1. The quantitative estimate of drug-likeness (QED) is 0.354. The number of H-pyrrole nitrogens is 1. The lowest BCUT2D eigenvalue weighted by Gasteiger charge is -2.15. The van der Waals surface area contributed by atoms with E-state index in [4.69, 9.17) is 9.84 Å². The van der Waals surface area contributed by atoms with Gasteiger partial charge in [0, 0.05) is 30.3 Å². The van der Waals surface area contributed by atoms with Crippen LogP contribution in [0.4, 0.5) is 18.9 Å². The summed E-state index contributed by atoms with van der Waals surface area (Å²) in [5, 5.41) is 11.3. The molecule has 1 amide bonds. The number of nitrogens with zero attached hydrogens (tertiary/aromatic N) is 2. The summed E-state index contributed by atoms with van der Waals surface area (Å²) in [5.74, 6) is -0.375. The molecule has 0 bridgehead atoms. The zero-order chi connectivity index (χ0) is 26.3. The second kappa shape index (κ2) is 11.2. The summed E-state index contributed by atoms with van der Waals surface area (Å²) in [4.78, 5) is 34.2. The Morgan fingerprint density at radius 2 is 1.67 bits per heavy atom. The SMILES string of the molecule is Cc1ncccc1O.Cc1ncccc1Oc1ccc(C(F)(F)F)cc1C(=O)Nc1cc[nH]c(=O)c1. The van der Waals surface area contributed by atoms with Crippen LogP contribution in [0, 0.1) is 13.8 Å². The van der Waals surface area contributed by atoms with Crippen LogP contribution in [0.5, 0.6) is 17.2 Å². The van der Waals surface area contributed by atoms with Crippen molar-refractivity contribution in [2.24, 2.45) is 0 Å². The number of carbonyl (C=O) groups is 1. The van der Waals surface area contributed by atoms with E-state index in [1.807, 2.05) is 0 Å². The molecule has 3 aromatic heterocycles. The Morgan fingerprint density at radius 1 is 0.972 bits per heavy atom. The van der Waals surface area contributed by atoms with E-state index < -0.39 is 23.2 Å². The number of aromatic amines is 1. The van der Waals surface area contributed by atoms with Crippen molar-refractivity contribution >= 4 is 11.6 Å². The fraction of sp³-hybridized carbons (Fsp3) is 0.120. The van der Waals surface area contributed by atoms with E-state index in [9.17, 15) is 22.8 Å². The third-order valence-corrected chi connectivity index (χ3v) is 4.74. The number of aryl methyl sites for hydroxylation is 2. The standard InChI is InChI=1S/C19H14F3N3O3.C6H7NO/c1-11-15(3-2-7-23-11)28-16-5-4-12(19(20,21)22)9-14(16)18(27)25-13-6-8-24-17(26)10-13;1-5-6(8)3-2-4-7-5/h2-10H,1H3,(H2,24,25,26,27);2-4,8H,1H3. The summed E-state index contributed by atoms with van der Waals surface area (Å²) in [5.41, 5.74) is -0.494. The van der Waals surface area contributed by atoms with E-state index in [0.29, 0.717) is 23.2 Å². The fourth-order valence-corrected chi connectivity index (χ4v) is 2.87. The molecule has 3 heterocycles. The van der Waals surface area contributed by atoms with Crippen LogP contribution >= 0.6 is 0 Å². The number of alkyl halides is 3. The first-order chi connectivity index (χ1) is 17.0. The zero-order valence-corrected chi connectivity index (χ0v) is 19.1. The number of hydrogen-bond donors (Lipinski definition) is 3. The van der Waals surface area contributed by atoms with Crippen molar-refractivity contribution in [3.05, 3.63) is 106 Å². The lowest BCUT2D eigenvalue weighted by molar-refractivity contribution is -0.137. The second-order valence-electron chi connectivity index (χ2n) is 7.40. The largest absolute Gasteiger partial charge is 0.506 e. The minimum absolute atomic E-state index is 0.0774. The number of benzene rings is 1. The number of halogens is 3. The Morgan fingerprint density at radius 3 is 2.25 bits per heavy atom. The van der Waals surface area contributed by atoms with Gasteiger partial charge in [0.2, 0.25) is 5.56 Å². The average molecular weight is 498 g/mol. The topological polar surface area (TPSA) is 117 Å². The monoisotopic (exact) mass is 498 g/mol. The Labute approximate surface area is 203 Å². The predicted octanol–water partition coefficient (Wildman–Crippen LogP) is 5.24. The first-order valence-corrected chi connectivity index (χ1v) is 10.5. The van der Waals surface area contributed by atoms with Crippen LogP contribution in [0.1, 0.15) is 27.3 Å². The van der Waals surface area contributed by atoms with Gasteiger partial charge < -0.3 is 20.1 Å². The van der Waals surface area contributed by atoms with Crippen molar-refractivity contribution in [2.45, 2.75) is 20.0 Å². The first kappa shape index (κ1) is 25.9. The van der Waals surface area contributed by atoms with Crippen LogP contribution in [0.15, 0.2) is 78.0 Å². The summed E-state index contributed by atoms with van der Waals surface area (Å²) in [7, 11) is 0. The van der Waals surface area contributed by atoms with E-state index in [1.54, 1.807) is 44.3 Å². The number of rotatable bonds is 4. The molecule has 0 aliphatic heterocycles. The molecule has 0 aliphatic rings. The van der Waals surface area contributed by atoms with Crippen LogP contribution in [0.25, 0.3) is 0 Å². The van der Waals surface area contributed by atoms with Crippen molar-refractivity contribution in [1.82, 2.24) is 15.0 Å². The lowest BCUT2D eigenvalue weighted by atomic mass is 10.1. The Kier molecular flexibility index (Phi) is 8.05. The summed E-state index contributed by atoms with van der Waals surface area (Å²) in [6.45, 7) is 3.42. The fourth-order valence-electron chi connectivity index (χ4n) is 2.87. The van der Waals surface area contributed by atoms with Crippen molar-refractivity contribution in [3.8, 4) is 17.2 Å². The minimum atomic E-state index is -4.64. The van der Waals surface area contributed by atoms with Crippen LogP contribution in [-0.4, -0.2) is 26.0 Å². The van der Waals surface area contributed by atoms with Gasteiger partial charge in [0.25, 0.3) is 5.91 Å². The van der Waals surface area contributed by atoms with E-state index in [2.05, 4.69) is 20.3 Å². The molecule has 36 heavy (non-hydrogen) atoms. The van der Waals surface area contributed by atoms with E-state index in [1.165, 1.54) is 18.5 Å². The molecule has 0 aliphatic carbocycles. The number of ether oxygens (including phenoxy) is 1. The number of aromatic nitrogens is 3. The van der Waals surface area contributed by atoms with Gasteiger partial charge in [-0.25, -0.2) is 0 Å². The molecule has 8 nitrogen and oxygen atoms in total. The number of hydrogen-bond acceptors (Lipinski definition) is 6. The molecular weight excluding hydrogens is 477 g/mol. The molecular formula is C25H21F3N4O4. The highest BCUT2D eigenvalue weighted by Gasteiger charge is 2.32. The summed E-state index contributed by atoms with van der Waals surface area (Å²) >= 11 is 0. The Hall–Kier alpha value is -4.67. The highest BCUT2D eigenvalue weighted by molar-refractivity contribution is 6.06. The predicted molar refractivity (Wildman–Crippen MR) is 126 cm³/mol. The van der Waals surface area contributed by atoms with Gasteiger partial charge >= 0.3 is 6.18 Å². The van der Waals surface area contributed by atoms with Gasteiger partial charge in [-0.15, -0.1) is 0 Å². The normalized spacial score (nSPS) is 10.7. The smallest absolute Gasteiger partial charge is 0.416 e. The lowest BCUT2D eigenvalue weighted by Crippen LogP contribution is -2.16. The number of nitrogens with one attached hydrogen (secondary N) is 2. The van der Waals surface area contributed by atoms with Crippen molar-refractivity contribution in [1.29, 1.82) is 0 Å². The molecule has 0 radical (unpaired) electrons. The highest BCUT2D eigenvalue weighted by atomic mass is 19.4. The molecule has 0 spiro atoms. The van der Waals surface area contributed by atoms with Crippen LogP contribution < -0.4 is 15.6 Å². The molecule has 4 rings (SSSR count). The molecule has 11 heteroatoms. The first-order valence-electron chi connectivity index (χ1n) is 10.5. The van der Waals surface area contributed by atoms with Gasteiger partial charge in [-0.05, 0) is 62.4 Å². The maximum absolute atomic E-state index is 13.1. The molecule has 1 aromatic carbocycles.